The van der Waals surface area contributed by atoms with Crippen molar-refractivity contribution in [1.29, 1.82) is 0 Å². The Morgan fingerprint density at radius 1 is 1.35 bits per heavy atom. The molecule has 0 saturated carbocycles. The molecule has 14 heteroatoms. The van der Waals surface area contributed by atoms with Crippen LogP contribution in [0.1, 0.15) is 12.0 Å². The monoisotopic (exact) mass is 485 g/mol. The van der Waals surface area contributed by atoms with E-state index in [0.717, 1.165) is 14.1 Å². The van der Waals surface area contributed by atoms with Crippen LogP contribution in [0.4, 0.5) is 38.3 Å². The maximum atomic E-state index is 15.0. The molecule has 2 N–H and O–H groups in total. The summed E-state index contributed by atoms with van der Waals surface area (Å²) in [6.07, 6.45) is -1.33. The number of carbonyl (C=O) groups excluding carboxylic acids is 1. The number of rotatable bonds is 3. The highest BCUT2D eigenvalue weighted by Gasteiger charge is 2.48. The lowest BCUT2D eigenvalue weighted by Gasteiger charge is -2.42. The number of H-pyrrole nitrogens is 1. The second-order valence-electron chi connectivity index (χ2n) is 8.02. The number of carbonyl (C=O) groups is 1. The van der Waals surface area contributed by atoms with Gasteiger partial charge in [0.25, 0.3) is 11.5 Å². The maximum absolute atomic E-state index is 15.0. The van der Waals surface area contributed by atoms with Crippen LogP contribution in [-0.4, -0.2) is 62.6 Å². The number of urea groups is 1. The van der Waals surface area contributed by atoms with Crippen LogP contribution >= 0.6 is 0 Å². The molecule has 0 bridgehead atoms. The Labute approximate surface area is 189 Å². The molecule has 1 fully saturated rings. The highest BCUT2D eigenvalue weighted by molar-refractivity contribution is 5.89. The lowest BCUT2D eigenvalue weighted by atomic mass is 9.99. The van der Waals surface area contributed by atoms with E-state index in [1.54, 1.807) is 12.3 Å². The van der Waals surface area contributed by atoms with E-state index in [4.69, 9.17) is 0 Å². The standard InChI is InChI=1S/C20H20F5N7O2/c1-30-9-11(20(23,24)25)7-13(17(30)33)29-18(34)31(2)14-4-6-32(10-19(14,21)22)15-8-27-16-12(28-15)3-5-26-16/h3,5,7-9,14H,4,6,10H2,1-2H3,(H,26,27)(H,29,34)/t14-/m1/s1. The predicted octanol–water partition coefficient (Wildman–Crippen LogP) is 3.05. The SMILES string of the molecule is CN(C(=O)Nc1cc(C(F)(F)F)cn(C)c1=O)[C@@H]1CCN(c2cnc3[nH]ccc3n2)CC1(F)F. The Morgan fingerprint density at radius 2 is 2.09 bits per heavy atom. The highest BCUT2D eigenvalue weighted by Crippen LogP contribution is 2.33. The summed E-state index contributed by atoms with van der Waals surface area (Å²) in [5, 5.41) is 2.04. The van der Waals surface area contributed by atoms with Gasteiger partial charge < -0.3 is 24.7 Å². The first kappa shape index (κ1) is 23.4. The molecule has 1 saturated heterocycles. The lowest BCUT2D eigenvalue weighted by molar-refractivity contribution is -0.138. The lowest BCUT2D eigenvalue weighted by Crippen LogP contribution is -2.59. The summed E-state index contributed by atoms with van der Waals surface area (Å²) in [6, 6.07) is -0.539. The van der Waals surface area contributed by atoms with Crippen molar-refractivity contribution in [2.75, 3.05) is 30.4 Å². The number of aryl methyl sites for hydroxylation is 1. The Morgan fingerprint density at radius 3 is 2.76 bits per heavy atom. The summed E-state index contributed by atoms with van der Waals surface area (Å²) in [6.45, 7) is -0.612. The van der Waals surface area contributed by atoms with Crippen molar-refractivity contribution in [3.63, 3.8) is 0 Å². The molecule has 0 spiro atoms. The van der Waals surface area contributed by atoms with Gasteiger partial charge >= 0.3 is 12.2 Å². The highest BCUT2D eigenvalue weighted by atomic mass is 19.4. The zero-order chi connectivity index (χ0) is 24.8. The number of halogens is 5. The number of aromatic nitrogens is 4. The number of anilines is 2. The summed E-state index contributed by atoms with van der Waals surface area (Å²) in [5.74, 6) is -3.12. The molecule has 2 amide bonds. The molecule has 0 aromatic carbocycles. The largest absolute Gasteiger partial charge is 0.417 e. The minimum atomic E-state index is -4.76. The summed E-state index contributed by atoms with van der Waals surface area (Å²) >= 11 is 0. The first-order valence-electron chi connectivity index (χ1n) is 10.1. The van der Waals surface area contributed by atoms with Crippen molar-refractivity contribution in [3.8, 4) is 0 Å². The van der Waals surface area contributed by atoms with E-state index in [9.17, 15) is 22.8 Å². The summed E-state index contributed by atoms with van der Waals surface area (Å²) in [4.78, 5) is 38.2. The molecule has 9 nitrogen and oxygen atoms in total. The van der Waals surface area contributed by atoms with Crippen LogP contribution in [0.3, 0.4) is 0 Å². The zero-order valence-corrected chi connectivity index (χ0v) is 18.0. The quantitative estimate of drug-likeness (QED) is 0.556. The normalized spacial score (nSPS) is 18.2. The van der Waals surface area contributed by atoms with Crippen LogP contribution in [0.5, 0.6) is 0 Å². The van der Waals surface area contributed by atoms with Crippen molar-refractivity contribution >= 4 is 28.7 Å². The fraction of sp³-hybridized carbons (Fsp3) is 0.400. The van der Waals surface area contributed by atoms with E-state index in [1.165, 1.54) is 11.1 Å². The Hall–Kier alpha value is -3.71. The number of piperidine rings is 1. The zero-order valence-electron chi connectivity index (χ0n) is 18.0. The van der Waals surface area contributed by atoms with E-state index in [2.05, 4.69) is 15.0 Å². The van der Waals surface area contributed by atoms with Gasteiger partial charge in [-0.05, 0) is 18.6 Å². The number of amides is 2. The molecule has 34 heavy (non-hydrogen) atoms. The van der Waals surface area contributed by atoms with Gasteiger partial charge in [-0.3, -0.25) is 4.79 Å². The Bertz CT molecular complexity index is 1290. The third-order valence-electron chi connectivity index (χ3n) is 5.67. The smallest absolute Gasteiger partial charge is 0.349 e. The van der Waals surface area contributed by atoms with Gasteiger partial charge in [-0.1, -0.05) is 0 Å². The van der Waals surface area contributed by atoms with Crippen molar-refractivity contribution in [2.45, 2.75) is 24.6 Å². The van der Waals surface area contributed by atoms with E-state index in [0.29, 0.717) is 32.9 Å². The molecule has 182 valence electrons. The van der Waals surface area contributed by atoms with Gasteiger partial charge in [0.05, 0.1) is 18.3 Å². The molecule has 3 aromatic heterocycles. The van der Waals surface area contributed by atoms with Crippen molar-refractivity contribution in [1.82, 2.24) is 24.4 Å². The first-order chi connectivity index (χ1) is 15.9. The molecule has 0 radical (unpaired) electrons. The van der Waals surface area contributed by atoms with Gasteiger partial charge in [0.1, 0.15) is 23.1 Å². The third-order valence-corrected chi connectivity index (χ3v) is 5.67. The number of fused-ring (bicyclic) bond motifs is 1. The molecule has 0 aliphatic carbocycles. The second kappa shape index (κ2) is 8.25. The van der Waals surface area contributed by atoms with Crippen LogP contribution < -0.4 is 15.8 Å². The second-order valence-corrected chi connectivity index (χ2v) is 8.02. The maximum Gasteiger partial charge on any atom is 0.417 e. The fourth-order valence-corrected chi connectivity index (χ4v) is 3.87. The minimum absolute atomic E-state index is 0.133. The van der Waals surface area contributed by atoms with Gasteiger partial charge in [-0.2, -0.15) is 13.2 Å². The van der Waals surface area contributed by atoms with Crippen LogP contribution in [0.15, 0.2) is 35.5 Å². The number of hydrogen-bond acceptors (Lipinski definition) is 5. The number of alkyl halides is 5. The molecule has 1 aliphatic rings. The summed E-state index contributed by atoms with van der Waals surface area (Å²) in [7, 11) is 2.20. The van der Waals surface area contributed by atoms with E-state index in [-0.39, 0.29) is 18.8 Å². The van der Waals surface area contributed by atoms with E-state index in [1.807, 2.05) is 5.32 Å². The average molecular weight is 485 g/mol. The topological polar surface area (TPSA) is 99.1 Å². The van der Waals surface area contributed by atoms with Crippen LogP contribution in [-0.2, 0) is 13.2 Å². The van der Waals surface area contributed by atoms with Crippen molar-refractivity contribution < 1.29 is 26.7 Å². The third kappa shape index (κ3) is 4.39. The first-order valence-corrected chi connectivity index (χ1v) is 10.1. The number of nitrogens with one attached hydrogen (secondary N) is 2. The molecule has 0 unspecified atom stereocenters. The van der Waals surface area contributed by atoms with E-state index < -0.39 is 47.5 Å². The molecule has 3 aromatic rings. The van der Waals surface area contributed by atoms with Crippen molar-refractivity contribution in [2.24, 2.45) is 7.05 Å². The van der Waals surface area contributed by atoms with Gasteiger partial charge in [0, 0.05) is 33.0 Å². The molecule has 4 rings (SSSR count). The molecular formula is C20H20F5N7O2. The molecular weight excluding hydrogens is 465 g/mol. The average Bonchev–Trinajstić information content (AvgIpc) is 3.22. The van der Waals surface area contributed by atoms with E-state index >= 15 is 8.78 Å². The summed E-state index contributed by atoms with van der Waals surface area (Å²) in [5.41, 5.74) is -1.70. The number of hydrogen-bond donors (Lipinski definition) is 2. The fourth-order valence-electron chi connectivity index (χ4n) is 3.87. The predicted molar refractivity (Wildman–Crippen MR) is 113 cm³/mol. The van der Waals surface area contributed by atoms with Gasteiger partial charge in [0.15, 0.2) is 5.65 Å². The number of aromatic amines is 1. The molecule has 1 atom stereocenters. The van der Waals surface area contributed by atoms with Crippen LogP contribution in [0, 0.1) is 0 Å². The number of nitrogens with zero attached hydrogens (tertiary/aromatic N) is 5. The van der Waals surface area contributed by atoms with Crippen LogP contribution in [0.2, 0.25) is 0 Å². The molecule has 1 aliphatic heterocycles. The van der Waals surface area contributed by atoms with Crippen molar-refractivity contribution in [3.05, 3.63) is 46.6 Å². The minimum Gasteiger partial charge on any atom is -0.349 e. The van der Waals surface area contributed by atoms with Crippen LogP contribution in [0.25, 0.3) is 11.2 Å². The number of pyridine rings is 1. The molecule has 4 heterocycles. The Kier molecular flexibility index (Phi) is 5.69. The van der Waals surface area contributed by atoms with Gasteiger partial charge in [-0.25, -0.2) is 23.5 Å². The summed E-state index contributed by atoms with van der Waals surface area (Å²) < 4.78 is 69.9. The van der Waals surface area contributed by atoms with Gasteiger partial charge in [0.2, 0.25) is 0 Å². The van der Waals surface area contributed by atoms with Gasteiger partial charge in [-0.15, -0.1) is 0 Å². The Balaban J connectivity index is 1.50.